The first-order chi connectivity index (χ1) is 6.77. The molecule has 1 aromatic rings. The summed E-state index contributed by atoms with van der Waals surface area (Å²) in [5, 5.41) is 3.94. The van der Waals surface area contributed by atoms with Crippen LogP contribution in [-0.2, 0) is 4.74 Å². The molecule has 6 nitrogen and oxygen atoms in total. The molecule has 0 spiro atoms. The zero-order valence-corrected chi connectivity index (χ0v) is 7.72. The fourth-order valence-corrected chi connectivity index (χ4v) is 1.46. The highest BCUT2D eigenvalue weighted by Gasteiger charge is 2.18. The van der Waals surface area contributed by atoms with Crippen LogP contribution in [0.4, 0.5) is 0 Å². The van der Waals surface area contributed by atoms with Gasteiger partial charge in [-0.05, 0) is 19.3 Å². The zero-order valence-electron chi connectivity index (χ0n) is 7.72. The van der Waals surface area contributed by atoms with E-state index in [9.17, 15) is 4.79 Å². The molecule has 1 atom stereocenters. The van der Waals surface area contributed by atoms with Gasteiger partial charge in [-0.3, -0.25) is 4.79 Å². The monoisotopic (exact) mass is 196 g/mol. The summed E-state index contributed by atoms with van der Waals surface area (Å²) < 4.78 is 7.02. The Labute approximate surface area is 81.1 Å². The minimum absolute atomic E-state index is 0.0409. The molecule has 14 heavy (non-hydrogen) atoms. The van der Waals surface area contributed by atoms with E-state index in [0.29, 0.717) is 0 Å². The maximum atomic E-state index is 10.7. The van der Waals surface area contributed by atoms with Crippen LogP contribution in [-0.4, -0.2) is 27.3 Å². The first kappa shape index (κ1) is 9.14. The van der Waals surface area contributed by atoms with E-state index in [-0.39, 0.29) is 12.1 Å². The van der Waals surface area contributed by atoms with E-state index in [2.05, 4.69) is 10.1 Å². The summed E-state index contributed by atoms with van der Waals surface area (Å²) in [5.41, 5.74) is 5.04. The van der Waals surface area contributed by atoms with Crippen LogP contribution in [0.15, 0.2) is 6.33 Å². The lowest BCUT2D eigenvalue weighted by atomic mass is 10.2. The number of nitrogens with zero attached hydrogens (tertiary/aromatic N) is 3. The van der Waals surface area contributed by atoms with E-state index in [1.165, 1.54) is 6.33 Å². The highest BCUT2D eigenvalue weighted by Crippen LogP contribution is 2.20. The highest BCUT2D eigenvalue weighted by atomic mass is 16.5. The highest BCUT2D eigenvalue weighted by molar-refractivity contribution is 5.88. The average molecular weight is 196 g/mol. The van der Waals surface area contributed by atoms with Crippen molar-refractivity contribution in [2.24, 2.45) is 5.73 Å². The number of carbonyl (C=O) groups excluding carboxylic acids is 1. The van der Waals surface area contributed by atoms with Gasteiger partial charge < -0.3 is 10.5 Å². The molecule has 0 bridgehead atoms. The zero-order chi connectivity index (χ0) is 9.97. The lowest BCUT2D eigenvalue weighted by molar-refractivity contribution is -0.0397. The molecule has 0 saturated carbocycles. The smallest absolute Gasteiger partial charge is 0.288 e. The standard InChI is InChI=1S/C8H12N4O2/c9-7(13)8-10-5-12(11-8)6-3-1-2-4-14-6/h5-6H,1-4H2,(H2,9,13). The summed E-state index contributed by atoms with van der Waals surface area (Å²) in [4.78, 5) is 14.5. The van der Waals surface area contributed by atoms with Crippen molar-refractivity contribution in [1.82, 2.24) is 14.8 Å². The summed E-state index contributed by atoms with van der Waals surface area (Å²) in [7, 11) is 0. The molecule has 0 aromatic carbocycles. The predicted octanol–water partition coefficient (Wildman–Crippen LogP) is 0.0761. The topological polar surface area (TPSA) is 83.0 Å². The molecule has 1 saturated heterocycles. The number of ether oxygens (including phenoxy) is 1. The molecule has 76 valence electrons. The lowest BCUT2D eigenvalue weighted by Gasteiger charge is -2.21. The van der Waals surface area contributed by atoms with Crippen LogP contribution in [0.2, 0.25) is 0 Å². The molecule has 1 unspecified atom stereocenters. The quantitative estimate of drug-likeness (QED) is 0.725. The van der Waals surface area contributed by atoms with E-state index in [1.54, 1.807) is 4.68 Å². The molecule has 2 rings (SSSR count). The number of amides is 1. The maximum Gasteiger partial charge on any atom is 0.288 e. The molecule has 1 amide bonds. The van der Waals surface area contributed by atoms with E-state index in [4.69, 9.17) is 10.5 Å². The Kier molecular flexibility index (Phi) is 2.45. The summed E-state index contributed by atoms with van der Waals surface area (Å²) in [6.45, 7) is 0.733. The largest absolute Gasteiger partial charge is 0.363 e. The summed E-state index contributed by atoms with van der Waals surface area (Å²) >= 11 is 0. The van der Waals surface area contributed by atoms with Crippen molar-refractivity contribution >= 4 is 5.91 Å². The van der Waals surface area contributed by atoms with Crippen LogP contribution < -0.4 is 5.73 Å². The number of hydrogen-bond acceptors (Lipinski definition) is 4. The van der Waals surface area contributed by atoms with Gasteiger partial charge in [0, 0.05) is 6.61 Å². The van der Waals surface area contributed by atoms with Crippen LogP contribution in [0.3, 0.4) is 0 Å². The second-order valence-electron chi connectivity index (χ2n) is 3.23. The van der Waals surface area contributed by atoms with Crippen molar-refractivity contribution in [2.75, 3.05) is 6.61 Å². The Morgan fingerprint density at radius 1 is 1.64 bits per heavy atom. The normalized spacial score (nSPS) is 22.1. The van der Waals surface area contributed by atoms with Crippen molar-refractivity contribution < 1.29 is 9.53 Å². The molecular weight excluding hydrogens is 184 g/mol. The van der Waals surface area contributed by atoms with Gasteiger partial charge in [0.05, 0.1) is 0 Å². The second kappa shape index (κ2) is 3.75. The minimum Gasteiger partial charge on any atom is -0.363 e. The molecule has 0 radical (unpaired) electrons. The molecule has 1 aliphatic heterocycles. The Bertz CT molecular complexity index is 330. The molecule has 2 N–H and O–H groups in total. The fourth-order valence-electron chi connectivity index (χ4n) is 1.46. The number of carbonyl (C=O) groups is 1. The predicted molar refractivity (Wildman–Crippen MR) is 47.4 cm³/mol. The van der Waals surface area contributed by atoms with Gasteiger partial charge in [-0.15, -0.1) is 5.10 Å². The molecule has 1 fully saturated rings. The SMILES string of the molecule is NC(=O)c1ncn(C2CCCCO2)n1. The van der Waals surface area contributed by atoms with Gasteiger partial charge in [-0.25, -0.2) is 9.67 Å². The summed E-state index contributed by atoms with van der Waals surface area (Å²) in [6, 6.07) is 0. The van der Waals surface area contributed by atoms with Crippen LogP contribution in [0.1, 0.15) is 36.1 Å². The maximum absolute atomic E-state index is 10.7. The van der Waals surface area contributed by atoms with Gasteiger partial charge in [0.15, 0.2) is 6.23 Å². The van der Waals surface area contributed by atoms with Gasteiger partial charge in [-0.2, -0.15) is 0 Å². The van der Waals surface area contributed by atoms with Gasteiger partial charge >= 0.3 is 0 Å². The van der Waals surface area contributed by atoms with E-state index >= 15 is 0 Å². The molecule has 1 aliphatic rings. The number of primary amides is 1. The van der Waals surface area contributed by atoms with Gasteiger partial charge in [0.2, 0.25) is 5.82 Å². The molecule has 0 aliphatic carbocycles. The Hall–Kier alpha value is -1.43. The third-order valence-electron chi connectivity index (χ3n) is 2.18. The van der Waals surface area contributed by atoms with Crippen molar-refractivity contribution in [3.8, 4) is 0 Å². The van der Waals surface area contributed by atoms with Crippen molar-refractivity contribution in [3.05, 3.63) is 12.2 Å². The van der Waals surface area contributed by atoms with Crippen LogP contribution in [0, 0.1) is 0 Å². The van der Waals surface area contributed by atoms with E-state index in [0.717, 1.165) is 25.9 Å². The van der Waals surface area contributed by atoms with Crippen LogP contribution in [0.25, 0.3) is 0 Å². The molecular formula is C8H12N4O2. The first-order valence-electron chi connectivity index (χ1n) is 4.60. The van der Waals surface area contributed by atoms with Crippen molar-refractivity contribution in [1.29, 1.82) is 0 Å². The van der Waals surface area contributed by atoms with Crippen molar-refractivity contribution in [3.63, 3.8) is 0 Å². The number of rotatable bonds is 2. The number of aromatic nitrogens is 3. The van der Waals surface area contributed by atoms with Crippen molar-refractivity contribution in [2.45, 2.75) is 25.5 Å². The number of nitrogens with two attached hydrogens (primary N) is 1. The van der Waals surface area contributed by atoms with Gasteiger partial charge in [-0.1, -0.05) is 0 Å². The third kappa shape index (κ3) is 1.74. The second-order valence-corrected chi connectivity index (χ2v) is 3.23. The Morgan fingerprint density at radius 2 is 2.50 bits per heavy atom. The lowest BCUT2D eigenvalue weighted by Crippen LogP contribution is -2.20. The van der Waals surface area contributed by atoms with E-state index in [1.807, 2.05) is 0 Å². The molecule has 6 heteroatoms. The van der Waals surface area contributed by atoms with Gasteiger partial charge in [0.1, 0.15) is 6.33 Å². The van der Waals surface area contributed by atoms with E-state index < -0.39 is 5.91 Å². The minimum atomic E-state index is -0.612. The summed E-state index contributed by atoms with van der Waals surface area (Å²) in [6.07, 6.45) is 4.48. The van der Waals surface area contributed by atoms with Crippen LogP contribution >= 0.6 is 0 Å². The first-order valence-corrected chi connectivity index (χ1v) is 4.60. The fraction of sp³-hybridized carbons (Fsp3) is 0.625. The summed E-state index contributed by atoms with van der Waals surface area (Å²) in [5.74, 6) is -0.571. The number of hydrogen-bond donors (Lipinski definition) is 1. The van der Waals surface area contributed by atoms with Gasteiger partial charge in [0.25, 0.3) is 5.91 Å². The Morgan fingerprint density at radius 3 is 3.07 bits per heavy atom. The molecule has 2 heterocycles. The molecule has 1 aromatic heterocycles. The third-order valence-corrected chi connectivity index (χ3v) is 2.18. The average Bonchev–Trinajstić information content (AvgIpc) is 2.68. The Balaban J connectivity index is 2.11. The van der Waals surface area contributed by atoms with Crippen LogP contribution in [0.5, 0.6) is 0 Å².